The van der Waals surface area contributed by atoms with Crippen LogP contribution in [-0.4, -0.2) is 35.7 Å². The van der Waals surface area contributed by atoms with Crippen LogP contribution >= 0.6 is 0 Å². The number of hydrogen-bond acceptors (Lipinski definition) is 4. The molecule has 1 aliphatic rings. The van der Waals surface area contributed by atoms with Crippen molar-refractivity contribution in [2.24, 2.45) is 11.3 Å². The molecule has 1 aromatic heterocycles. The van der Waals surface area contributed by atoms with Crippen molar-refractivity contribution in [1.82, 2.24) is 14.9 Å². The van der Waals surface area contributed by atoms with Gasteiger partial charge in [-0.15, -0.1) is 0 Å². The summed E-state index contributed by atoms with van der Waals surface area (Å²) in [5.74, 6) is 2.13. The Morgan fingerprint density at radius 1 is 0.971 bits per heavy atom. The number of methoxy groups -OCH3 is 2. The van der Waals surface area contributed by atoms with Gasteiger partial charge in [-0.05, 0) is 66.8 Å². The van der Waals surface area contributed by atoms with E-state index in [0.29, 0.717) is 17.0 Å². The number of ether oxygens (including phenoxy) is 2. The highest BCUT2D eigenvalue weighted by molar-refractivity contribution is 5.93. The zero-order chi connectivity index (χ0) is 24.3. The van der Waals surface area contributed by atoms with Gasteiger partial charge in [0.15, 0.2) is 0 Å². The number of imidazole rings is 1. The van der Waals surface area contributed by atoms with E-state index >= 15 is 0 Å². The minimum Gasteiger partial charge on any atom is -0.496 e. The zero-order valence-corrected chi connectivity index (χ0v) is 20.8. The number of carbonyl (C=O) groups is 1. The minimum absolute atomic E-state index is 0.0767. The van der Waals surface area contributed by atoms with E-state index < -0.39 is 0 Å². The maximum atomic E-state index is 13.1. The first kappa shape index (κ1) is 23.9. The molecule has 1 saturated carbocycles. The molecule has 3 aromatic rings. The highest BCUT2D eigenvalue weighted by Crippen LogP contribution is 2.39. The van der Waals surface area contributed by atoms with Gasteiger partial charge in [0.1, 0.15) is 17.2 Å². The van der Waals surface area contributed by atoms with Crippen LogP contribution in [0.1, 0.15) is 56.9 Å². The molecule has 1 heterocycles. The normalized spacial score (nSPS) is 18.4. The quantitative estimate of drug-likeness (QED) is 0.497. The fourth-order valence-electron chi connectivity index (χ4n) is 4.96. The fraction of sp³-hybridized carbons (Fsp3) is 0.429. The van der Waals surface area contributed by atoms with Gasteiger partial charge in [0.05, 0.1) is 32.3 Å². The predicted molar refractivity (Wildman–Crippen MR) is 135 cm³/mol. The van der Waals surface area contributed by atoms with Crippen LogP contribution in [-0.2, 0) is 0 Å². The van der Waals surface area contributed by atoms with E-state index in [1.165, 1.54) is 0 Å². The number of hydrogen-bond donors (Lipinski definition) is 1. The Labute approximate surface area is 202 Å². The van der Waals surface area contributed by atoms with Gasteiger partial charge in [-0.1, -0.05) is 39.0 Å². The number of carbonyl (C=O) groups excluding carboxylic acids is 1. The Balaban J connectivity index is 1.50. The lowest BCUT2D eigenvalue weighted by atomic mass is 9.71. The van der Waals surface area contributed by atoms with Crippen LogP contribution in [0.4, 0.5) is 0 Å². The second kappa shape index (κ2) is 9.92. The maximum absolute atomic E-state index is 13.1. The molecule has 0 bridgehead atoms. The number of nitrogens with one attached hydrogen (secondary N) is 1. The monoisotopic (exact) mass is 461 g/mol. The molecule has 2 aromatic carbocycles. The Morgan fingerprint density at radius 3 is 2.15 bits per heavy atom. The van der Waals surface area contributed by atoms with Crippen LogP contribution in [0.5, 0.6) is 11.5 Å². The van der Waals surface area contributed by atoms with Crippen LogP contribution in [0.2, 0.25) is 0 Å². The number of benzene rings is 2. The largest absolute Gasteiger partial charge is 0.496 e. The SMILES string of the molecule is COc1cccc(OC)c1-c1ccc(-n2cncc2C(=O)NC2CCC(C(C)(C)C)CC2)cc1. The summed E-state index contributed by atoms with van der Waals surface area (Å²) in [6.07, 6.45) is 7.68. The zero-order valence-electron chi connectivity index (χ0n) is 20.8. The van der Waals surface area contributed by atoms with Crippen molar-refractivity contribution < 1.29 is 14.3 Å². The molecule has 6 heteroatoms. The van der Waals surface area contributed by atoms with Gasteiger partial charge in [-0.3, -0.25) is 9.36 Å². The molecule has 1 amide bonds. The number of rotatable bonds is 6. The minimum atomic E-state index is -0.0767. The highest BCUT2D eigenvalue weighted by Gasteiger charge is 2.30. The summed E-state index contributed by atoms with van der Waals surface area (Å²) in [4.78, 5) is 17.4. The molecule has 0 atom stereocenters. The van der Waals surface area contributed by atoms with Gasteiger partial charge < -0.3 is 14.8 Å². The lowest BCUT2D eigenvalue weighted by molar-refractivity contribution is 0.0897. The molecule has 1 aliphatic carbocycles. The molecule has 0 unspecified atom stereocenters. The summed E-state index contributed by atoms with van der Waals surface area (Å²) in [7, 11) is 3.30. The van der Waals surface area contributed by atoms with E-state index in [1.54, 1.807) is 26.7 Å². The third kappa shape index (κ3) is 4.96. The average Bonchev–Trinajstić information content (AvgIpc) is 3.33. The van der Waals surface area contributed by atoms with Crippen molar-refractivity contribution >= 4 is 5.91 Å². The van der Waals surface area contributed by atoms with Crippen molar-refractivity contribution in [3.05, 3.63) is 60.7 Å². The van der Waals surface area contributed by atoms with E-state index in [1.807, 2.05) is 47.0 Å². The second-order valence-electron chi connectivity index (χ2n) is 10.1. The summed E-state index contributed by atoms with van der Waals surface area (Å²) in [6.45, 7) is 6.93. The van der Waals surface area contributed by atoms with Gasteiger partial charge in [0.25, 0.3) is 5.91 Å². The first-order valence-corrected chi connectivity index (χ1v) is 12.0. The Hall–Kier alpha value is -3.28. The summed E-state index contributed by atoms with van der Waals surface area (Å²) < 4.78 is 12.9. The van der Waals surface area contributed by atoms with Crippen molar-refractivity contribution in [3.63, 3.8) is 0 Å². The molecule has 0 aliphatic heterocycles. The van der Waals surface area contributed by atoms with Crippen LogP contribution < -0.4 is 14.8 Å². The van der Waals surface area contributed by atoms with Gasteiger partial charge in [-0.2, -0.15) is 0 Å². The van der Waals surface area contributed by atoms with Gasteiger partial charge in [0, 0.05) is 11.7 Å². The molecule has 180 valence electrons. The van der Waals surface area contributed by atoms with Crippen LogP contribution in [0.15, 0.2) is 55.0 Å². The Kier molecular flexibility index (Phi) is 6.96. The Bertz CT molecular complexity index is 1100. The number of nitrogens with zero attached hydrogens (tertiary/aromatic N) is 2. The first-order chi connectivity index (χ1) is 16.3. The molecular weight excluding hydrogens is 426 g/mol. The van der Waals surface area contributed by atoms with Crippen molar-refractivity contribution in [1.29, 1.82) is 0 Å². The number of amides is 1. The van der Waals surface area contributed by atoms with Crippen molar-refractivity contribution in [2.75, 3.05) is 14.2 Å². The Morgan fingerprint density at radius 2 is 1.59 bits per heavy atom. The van der Waals surface area contributed by atoms with E-state index in [2.05, 4.69) is 31.1 Å². The van der Waals surface area contributed by atoms with Gasteiger partial charge in [0.2, 0.25) is 0 Å². The van der Waals surface area contributed by atoms with Crippen LogP contribution in [0, 0.1) is 11.3 Å². The molecule has 4 rings (SSSR count). The molecule has 0 saturated heterocycles. The molecule has 1 N–H and O–H groups in total. The predicted octanol–water partition coefficient (Wildman–Crippen LogP) is 5.89. The van der Waals surface area contributed by atoms with E-state index in [9.17, 15) is 4.79 Å². The molecule has 0 spiro atoms. The molecule has 1 fully saturated rings. The topological polar surface area (TPSA) is 65.4 Å². The fourth-order valence-corrected chi connectivity index (χ4v) is 4.96. The highest BCUT2D eigenvalue weighted by atomic mass is 16.5. The van der Waals surface area contributed by atoms with Gasteiger partial charge in [-0.25, -0.2) is 4.98 Å². The van der Waals surface area contributed by atoms with Crippen molar-refractivity contribution in [2.45, 2.75) is 52.5 Å². The lowest BCUT2D eigenvalue weighted by Crippen LogP contribution is -2.40. The van der Waals surface area contributed by atoms with E-state index in [0.717, 1.165) is 54.0 Å². The molecule has 34 heavy (non-hydrogen) atoms. The summed E-state index contributed by atoms with van der Waals surface area (Å²) >= 11 is 0. The van der Waals surface area contributed by atoms with E-state index in [4.69, 9.17) is 9.47 Å². The third-order valence-electron chi connectivity index (χ3n) is 7.02. The number of aromatic nitrogens is 2. The summed E-state index contributed by atoms with van der Waals surface area (Å²) in [6, 6.07) is 13.9. The standard InChI is InChI=1S/C28H35N3O3/c1-28(2,3)20-11-13-21(14-12-20)30-27(32)23-17-29-18-31(23)22-15-9-19(10-16-22)26-24(33-4)7-6-8-25(26)34-5/h6-10,15-18,20-21H,11-14H2,1-5H3,(H,30,32). The molecule has 6 nitrogen and oxygen atoms in total. The van der Waals surface area contributed by atoms with Crippen LogP contribution in [0.25, 0.3) is 16.8 Å². The van der Waals surface area contributed by atoms with E-state index in [-0.39, 0.29) is 11.9 Å². The molecular formula is C28H35N3O3. The second-order valence-corrected chi connectivity index (χ2v) is 10.1. The third-order valence-corrected chi connectivity index (χ3v) is 7.02. The van der Waals surface area contributed by atoms with Crippen molar-refractivity contribution in [3.8, 4) is 28.3 Å². The molecule has 0 radical (unpaired) electrons. The van der Waals surface area contributed by atoms with Gasteiger partial charge >= 0.3 is 0 Å². The average molecular weight is 462 g/mol. The summed E-state index contributed by atoms with van der Waals surface area (Å²) in [5, 5.41) is 3.24. The lowest BCUT2D eigenvalue weighted by Gasteiger charge is -2.37. The smallest absolute Gasteiger partial charge is 0.270 e. The first-order valence-electron chi connectivity index (χ1n) is 12.0. The summed E-state index contributed by atoms with van der Waals surface area (Å²) in [5.41, 5.74) is 3.61. The maximum Gasteiger partial charge on any atom is 0.270 e. The van der Waals surface area contributed by atoms with Crippen LogP contribution in [0.3, 0.4) is 0 Å².